The van der Waals surface area contributed by atoms with E-state index in [1.807, 2.05) is 0 Å². The van der Waals surface area contributed by atoms with Gasteiger partial charge in [0.1, 0.15) is 6.20 Å². The molecule has 12 heteroatoms. The van der Waals surface area contributed by atoms with Gasteiger partial charge in [0.15, 0.2) is 11.6 Å². The molecule has 0 saturated carbocycles. The summed E-state index contributed by atoms with van der Waals surface area (Å²) in [7, 11) is 0. The molecule has 0 radical (unpaired) electrons. The number of hydrogen-bond donors (Lipinski definition) is 1. The van der Waals surface area contributed by atoms with Gasteiger partial charge < -0.3 is 25.3 Å². The maximum atomic E-state index is 11.7. The van der Waals surface area contributed by atoms with Crippen molar-refractivity contribution in [3.63, 3.8) is 0 Å². The molecule has 0 fully saturated rings. The summed E-state index contributed by atoms with van der Waals surface area (Å²) in [5.74, 6) is -1.39. The lowest BCUT2D eigenvalue weighted by atomic mass is 10.4. The highest BCUT2D eigenvalue weighted by Gasteiger charge is 2.18. The summed E-state index contributed by atoms with van der Waals surface area (Å²) in [6.45, 7) is -5.95. The first kappa shape index (κ1) is 18.9. The number of nitrogen functional groups attached to an aromatic ring is 1. The Kier molecular flexibility index (Phi) is 7.13. The van der Waals surface area contributed by atoms with Crippen LogP contribution >= 0.6 is 0 Å². The van der Waals surface area contributed by atoms with Crippen LogP contribution in [0, 0.1) is 10.1 Å². The van der Waals surface area contributed by atoms with Crippen LogP contribution in [0.1, 0.15) is 0 Å². The molecule has 0 aromatic carbocycles. The highest BCUT2D eigenvalue weighted by Crippen LogP contribution is 2.24. The van der Waals surface area contributed by atoms with Crippen molar-refractivity contribution in [1.82, 2.24) is 9.97 Å². The van der Waals surface area contributed by atoms with Gasteiger partial charge in [-0.15, -0.1) is 0 Å². The largest absolute Gasteiger partial charge is 0.431 e. The molecule has 2 aromatic heterocycles. The van der Waals surface area contributed by atoms with E-state index in [0.717, 1.165) is 12.3 Å². The lowest BCUT2D eigenvalue weighted by molar-refractivity contribution is -0.391. The summed E-state index contributed by atoms with van der Waals surface area (Å²) in [5, 5.41) is 10.2. The van der Waals surface area contributed by atoms with E-state index in [1.165, 1.54) is 24.4 Å². The van der Waals surface area contributed by atoms with Crippen LogP contribution in [0.15, 0.2) is 36.7 Å². The molecule has 0 bridgehead atoms. The van der Waals surface area contributed by atoms with Gasteiger partial charge in [0.2, 0.25) is 5.75 Å². The predicted octanol–water partition coefficient (Wildman–Crippen LogP) is 2.86. The average Bonchev–Trinajstić information content (AvgIpc) is 2.49. The maximum absolute atomic E-state index is 11.7. The molecule has 0 unspecified atom stereocenters. The second-order valence-electron chi connectivity index (χ2n) is 3.73. The third-order valence-electron chi connectivity index (χ3n) is 2.16. The second kappa shape index (κ2) is 9.07. The van der Waals surface area contributed by atoms with Crippen molar-refractivity contribution in [1.29, 1.82) is 0 Å². The molecular weight excluding hydrogens is 340 g/mol. The van der Waals surface area contributed by atoms with Crippen LogP contribution in [0.2, 0.25) is 0 Å². The van der Waals surface area contributed by atoms with Crippen molar-refractivity contribution >= 4 is 11.6 Å². The quantitative estimate of drug-likeness (QED) is 0.501. The van der Waals surface area contributed by atoms with E-state index in [-0.39, 0.29) is 11.6 Å². The van der Waals surface area contributed by atoms with Crippen LogP contribution in [0.5, 0.6) is 11.5 Å². The lowest BCUT2D eigenvalue weighted by Gasteiger charge is -2.04. The molecule has 0 spiro atoms. The van der Waals surface area contributed by atoms with Crippen LogP contribution in [0.3, 0.4) is 0 Å². The van der Waals surface area contributed by atoms with E-state index in [0.29, 0.717) is 0 Å². The number of alkyl halides is 4. The zero-order chi connectivity index (χ0) is 18.1. The highest BCUT2D eigenvalue weighted by atomic mass is 19.3. The van der Waals surface area contributed by atoms with Crippen molar-refractivity contribution in [3.8, 4) is 11.5 Å². The Morgan fingerprint density at radius 1 is 1.00 bits per heavy atom. The normalized spacial score (nSPS) is 10.1. The minimum atomic E-state index is -3.09. The van der Waals surface area contributed by atoms with Crippen LogP contribution < -0.4 is 15.2 Å². The van der Waals surface area contributed by atoms with Crippen LogP contribution in [0.4, 0.5) is 29.2 Å². The molecule has 0 atom stereocenters. The first-order valence-corrected chi connectivity index (χ1v) is 6.00. The third-order valence-corrected chi connectivity index (χ3v) is 2.16. The van der Waals surface area contributed by atoms with Gasteiger partial charge in [0.25, 0.3) is 0 Å². The molecule has 2 rings (SSSR count). The summed E-state index contributed by atoms with van der Waals surface area (Å²) in [5.41, 5.74) is 5.20. The number of rotatable bonds is 5. The van der Waals surface area contributed by atoms with E-state index in [2.05, 4.69) is 19.4 Å². The Labute approximate surface area is 132 Å². The first-order valence-electron chi connectivity index (χ1n) is 6.00. The molecular formula is C12H10F4N4O4. The molecule has 0 aliphatic heterocycles. The van der Waals surface area contributed by atoms with Gasteiger partial charge >= 0.3 is 19.0 Å². The van der Waals surface area contributed by atoms with Gasteiger partial charge in [0, 0.05) is 6.20 Å². The minimum absolute atomic E-state index is 0.0344. The van der Waals surface area contributed by atoms with Crippen molar-refractivity contribution in [2.45, 2.75) is 13.2 Å². The number of ether oxygens (including phenoxy) is 2. The number of nitro groups is 1. The molecule has 24 heavy (non-hydrogen) atoms. The van der Waals surface area contributed by atoms with Crippen LogP contribution in [-0.2, 0) is 0 Å². The van der Waals surface area contributed by atoms with Gasteiger partial charge in [-0.1, -0.05) is 0 Å². The number of aromatic nitrogens is 2. The fourth-order valence-electron chi connectivity index (χ4n) is 1.31. The Morgan fingerprint density at radius 3 is 2.00 bits per heavy atom. The Bertz CT molecular complexity index is 675. The predicted molar refractivity (Wildman–Crippen MR) is 72.8 cm³/mol. The topological polar surface area (TPSA) is 113 Å². The SMILES string of the molecule is Nc1ncccc1OC(F)F.O=[N+]([O-])c1ncccc1OC(F)F. The zero-order valence-corrected chi connectivity index (χ0v) is 11.7. The van der Waals surface area contributed by atoms with E-state index >= 15 is 0 Å². The Balaban J connectivity index is 0.000000243. The van der Waals surface area contributed by atoms with Gasteiger partial charge in [-0.25, -0.2) is 4.98 Å². The zero-order valence-electron chi connectivity index (χ0n) is 11.7. The number of anilines is 1. The number of nitrogens with two attached hydrogens (primary N) is 1. The molecule has 2 heterocycles. The fraction of sp³-hybridized carbons (Fsp3) is 0.167. The van der Waals surface area contributed by atoms with Crippen molar-refractivity contribution in [3.05, 3.63) is 46.8 Å². The summed E-state index contributed by atoms with van der Waals surface area (Å²) >= 11 is 0. The molecule has 0 saturated heterocycles. The summed E-state index contributed by atoms with van der Waals surface area (Å²) in [4.78, 5) is 16.2. The number of nitrogens with zero attached hydrogens (tertiary/aromatic N) is 3. The maximum Gasteiger partial charge on any atom is 0.406 e. The van der Waals surface area contributed by atoms with E-state index in [1.54, 1.807) is 0 Å². The summed E-state index contributed by atoms with van der Waals surface area (Å²) in [6.07, 6.45) is 2.52. The van der Waals surface area contributed by atoms with Gasteiger partial charge in [-0.2, -0.15) is 17.6 Å². The van der Waals surface area contributed by atoms with Crippen molar-refractivity contribution in [2.75, 3.05) is 5.73 Å². The molecule has 2 N–H and O–H groups in total. The molecule has 8 nitrogen and oxygen atoms in total. The van der Waals surface area contributed by atoms with E-state index < -0.39 is 29.7 Å². The van der Waals surface area contributed by atoms with Crippen molar-refractivity contribution < 1.29 is 32.0 Å². The van der Waals surface area contributed by atoms with Gasteiger partial charge in [-0.3, -0.25) is 0 Å². The Hall–Kier alpha value is -3.18. The lowest BCUT2D eigenvalue weighted by Crippen LogP contribution is -2.05. The Morgan fingerprint density at radius 2 is 1.50 bits per heavy atom. The standard InChI is InChI=1S/C6H4F2N2O3.C6H6F2N2O/c7-6(8)13-4-2-1-3-9-5(4)10(11)12;7-6(8)11-4-2-1-3-10-5(4)9/h1-3,6H;1-3,6H,(H2,9,10). The monoisotopic (exact) mass is 350 g/mol. The molecule has 2 aromatic rings. The van der Waals surface area contributed by atoms with E-state index in [4.69, 9.17) is 5.73 Å². The summed E-state index contributed by atoms with van der Waals surface area (Å²) < 4.78 is 54.5. The first-order chi connectivity index (χ1) is 11.3. The second-order valence-corrected chi connectivity index (χ2v) is 3.73. The molecule has 0 aliphatic carbocycles. The molecule has 0 amide bonds. The van der Waals surface area contributed by atoms with E-state index in [9.17, 15) is 27.7 Å². The van der Waals surface area contributed by atoms with Crippen LogP contribution in [-0.4, -0.2) is 28.1 Å². The number of halogens is 4. The van der Waals surface area contributed by atoms with Gasteiger partial charge in [-0.05, 0) is 34.2 Å². The fourth-order valence-corrected chi connectivity index (χ4v) is 1.31. The smallest absolute Gasteiger partial charge is 0.406 e. The third kappa shape index (κ3) is 6.29. The van der Waals surface area contributed by atoms with Crippen molar-refractivity contribution in [2.24, 2.45) is 0 Å². The minimum Gasteiger partial charge on any atom is -0.431 e. The highest BCUT2D eigenvalue weighted by molar-refractivity contribution is 5.44. The number of hydrogen-bond acceptors (Lipinski definition) is 7. The average molecular weight is 350 g/mol. The molecule has 0 aliphatic rings. The van der Waals surface area contributed by atoms with Crippen LogP contribution in [0.25, 0.3) is 0 Å². The summed E-state index contributed by atoms with van der Waals surface area (Å²) in [6, 6.07) is 5.12. The molecule has 130 valence electrons. The van der Waals surface area contributed by atoms with Gasteiger partial charge in [0.05, 0.1) is 0 Å². The number of pyridine rings is 2.